The predicted octanol–water partition coefficient (Wildman–Crippen LogP) is 3.43. The van der Waals surface area contributed by atoms with E-state index in [2.05, 4.69) is 39.2 Å². The van der Waals surface area contributed by atoms with Crippen LogP contribution < -0.4 is 10.1 Å². The minimum Gasteiger partial charge on any atom is -0.497 e. The maximum atomic E-state index is 5.51. The topological polar surface area (TPSA) is 53.2 Å². The Morgan fingerprint density at radius 2 is 2.04 bits per heavy atom. The summed E-state index contributed by atoms with van der Waals surface area (Å²) in [5, 5.41) is 5.06. The quantitative estimate of drug-likeness (QED) is 0.653. The van der Waals surface area contributed by atoms with Crippen LogP contribution in [0.4, 0.5) is 0 Å². The average Bonchev–Trinajstić information content (AvgIpc) is 2.99. The number of benzene rings is 1. The molecule has 5 nitrogen and oxygen atoms in total. The van der Waals surface area contributed by atoms with Crippen molar-refractivity contribution in [3.8, 4) is 5.75 Å². The number of ether oxygens (including phenoxy) is 1. The van der Waals surface area contributed by atoms with Crippen LogP contribution in [0.2, 0.25) is 0 Å². The highest BCUT2D eigenvalue weighted by Crippen LogP contribution is 2.27. The molecule has 0 saturated heterocycles. The van der Waals surface area contributed by atoms with Crippen LogP contribution >= 0.6 is 12.2 Å². The number of thiocarbonyl (C=S) groups is 1. The van der Waals surface area contributed by atoms with E-state index in [-0.39, 0.29) is 0 Å². The lowest BCUT2D eigenvalue weighted by Crippen LogP contribution is -2.38. The van der Waals surface area contributed by atoms with Gasteiger partial charge >= 0.3 is 0 Å². The summed E-state index contributed by atoms with van der Waals surface area (Å²) in [6.07, 6.45) is 4.52. The number of H-pyrrole nitrogens is 1. The molecule has 3 aromatic rings. The van der Waals surface area contributed by atoms with Gasteiger partial charge in [0, 0.05) is 49.1 Å². The van der Waals surface area contributed by atoms with E-state index in [4.69, 9.17) is 17.0 Å². The van der Waals surface area contributed by atoms with E-state index in [9.17, 15) is 0 Å². The molecule has 3 rings (SSSR count). The number of nitrogens with zero attached hydrogens (tertiary/aromatic N) is 2. The maximum Gasteiger partial charge on any atom is 0.168 e. The van der Waals surface area contributed by atoms with Gasteiger partial charge in [-0.05, 0) is 67.0 Å². The van der Waals surface area contributed by atoms with E-state index >= 15 is 0 Å². The molecule has 2 heterocycles. The number of fused-ring (bicyclic) bond motifs is 1. The first-order chi connectivity index (χ1) is 12.6. The van der Waals surface area contributed by atoms with E-state index in [0.717, 1.165) is 35.9 Å². The molecule has 0 aliphatic heterocycles. The molecule has 2 aromatic heterocycles. The Kier molecular flexibility index (Phi) is 5.73. The fraction of sp³-hybridized carbons (Fsp3) is 0.300. The van der Waals surface area contributed by atoms with Gasteiger partial charge < -0.3 is 19.9 Å². The van der Waals surface area contributed by atoms with Gasteiger partial charge in [-0.1, -0.05) is 0 Å². The van der Waals surface area contributed by atoms with E-state index in [1.807, 2.05) is 37.6 Å². The van der Waals surface area contributed by atoms with Crippen LogP contribution in [0.15, 0.2) is 42.7 Å². The molecule has 0 amide bonds. The number of aryl methyl sites for hydroxylation is 1. The summed E-state index contributed by atoms with van der Waals surface area (Å²) in [4.78, 5) is 9.73. The van der Waals surface area contributed by atoms with Gasteiger partial charge in [-0.15, -0.1) is 0 Å². The summed E-state index contributed by atoms with van der Waals surface area (Å²) in [5.74, 6) is 0.872. The smallest absolute Gasteiger partial charge is 0.168 e. The van der Waals surface area contributed by atoms with Crippen molar-refractivity contribution < 1.29 is 4.74 Å². The monoisotopic (exact) mass is 368 g/mol. The lowest BCUT2D eigenvalue weighted by atomic mass is 10.1. The normalized spacial score (nSPS) is 10.7. The summed E-state index contributed by atoms with van der Waals surface area (Å²) in [5.41, 5.74) is 4.81. The lowest BCUT2D eigenvalue weighted by molar-refractivity contribution is 0.412. The van der Waals surface area contributed by atoms with Crippen molar-refractivity contribution in [3.63, 3.8) is 0 Å². The van der Waals surface area contributed by atoms with Gasteiger partial charge in [0.05, 0.1) is 7.11 Å². The summed E-state index contributed by atoms with van der Waals surface area (Å²) in [6.45, 7) is 3.70. The number of hydrogen-bond acceptors (Lipinski definition) is 3. The molecule has 0 spiro atoms. The summed E-state index contributed by atoms with van der Waals surface area (Å²) in [6, 6.07) is 10.2. The molecule has 0 radical (unpaired) electrons. The minimum atomic E-state index is 0.747. The van der Waals surface area contributed by atoms with Gasteiger partial charge in [0.25, 0.3) is 0 Å². The van der Waals surface area contributed by atoms with Crippen LogP contribution in [-0.2, 0) is 13.0 Å². The van der Waals surface area contributed by atoms with Crippen LogP contribution in [0.5, 0.6) is 5.75 Å². The molecular weight excluding hydrogens is 344 g/mol. The van der Waals surface area contributed by atoms with E-state index in [0.29, 0.717) is 0 Å². The van der Waals surface area contributed by atoms with Crippen LogP contribution in [0, 0.1) is 6.92 Å². The molecule has 0 aliphatic rings. The molecule has 0 fully saturated rings. The highest BCUT2D eigenvalue weighted by atomic mass is 32.1. The maximum absolute atomic E-state index is 5.51. The van der Waals surface area contributed by atoms with Crippen molar-refractivity contribution in [2.75, 3.05) is 20.7 Å². The van der Waals surface area contributed by atoms with Gasteiger partial charge in [0.15, 0.2) is 5.11 Å². The van der Waals surface area contributed by atoms with E-state index < -0.39 is 0 Å². The van der Waals surface area contributed by atoms with Crippen molar-refractivity contribution in [2.24, 2.45) is 0 Å². The van der Waals surface area contributed by atoms with Gasteiger partial charge in [-0.3, -0.25) is 4.98 Å². The third-order valence-corrected chi connectivity index (χ3v) is 5.04. The zero-order chi connectivity index (χ0) is 18.5. The van der Waals surface area contributed by atoms with Gasteiger partial charge in [-0.25, -0.2) is 0 Å². The third-order valence-electron chi connectivity index (χ3n) is 4.58. The second-order valence-corrected chi connectivity index (χ2v) is 6.61. The highest BCUT2D eigenvalue weighted by Gasteiger charge is 2.14. The number of hydrogen-bond donors (Lipinski definition) is 2. The van der Waals surface area contributed by atoms with Crippen LogP contribution in [-0.4, -0.2) is 40.7 Å². The van der Waals surface area contributed by atoms with Crippen molar-refractivity contribution in [2.45, 2.75) is 19.9 Å². The molecule has 0 saturated carbocycles. The number of rotatable bonds is 6. The molecule has 0 aliphatic carbocycles. The van der Waals surface area contributed by atoms with Gasteiger partial charge in [0.1, 0.15) is 5.75 Å². The second kappa shape index (κ2) is 8.19. The SMILES string of the molecule is CNC(=S)N(CCc1c(C)[nH]c2ccc(OC)cc12)Cc1ccncc1. The van der Waals surface area contributed by atoms with Gasteiger partial charge in [-0.2, -0.15) is 0 Å². The summed E-state index contributed by atoms with van der Waals surface area (Å²) < 4.78 is 5.39. The first kappa shape index (κ1) is 18.2. The fourth-order valence-electron chi connectivity index (χ4n) is 3.18. The first-order valence-electron chi connectivity index (χ1n) is 8.63. The van der Waals surface area contributed by atoms with Crippen molar-refractivity contribution in [3.05, 3.63) is 59.5 Å². The fourth-order valence-corrected chi connectivity index (χ4v) is 3.33. The minimum absolute atomic E-state index is 0.747. The first-order valence-corrected chi connectivity index (χ1v) is 9.04. The zero-order valence-electron chi connectivity index (χ0n) is 15.4. The molecule has 0 unspecified atom stereocenters. The molecular formula is C20H24N4OS. The summed E-state index contributed by atoms with van der Waals surface area (Å²) >= 11 is 5.51. The molecule has 1 aromatic carbocycles. The van der Waals surface area contributed by atoms with Crippen molar-refractivity contribution >= 4 is 28.2 Å². The molecule has 26 heavy (non-hydrogen) atoms. The van der Waals surface area contributed by atoms with Crippen LogP contribution in [0.1, 0.15) is 16.8 Å². The Hall–Kier alpha value is -2.60. The number of nitrogens with one attached hydrogen (secondary N) is 2. The second-order valence-electron chi connectivity index (χ2n) is 6.22. The Morgan fingerprint density at radius 3 is 2.73 bits per heavy atom. The Bertz CT molecular complexity index is 891. The number of aromatic nitrogens is 2. The van der Waals surface area contributed by atoms with Crippen LogP contribution in [0.25, 0.3) is 10.9 Å². The number of pyridine rings is 1. The average molecular weight is 369 g/mol. The molecule has 6 heteroatoms. The molecule has 136 valence electrons. The van der Waals surface area contributed by atoms with Gasteiger partial charge in [0.2, 0.25) is 0 Å². The van der Waals surface area contributed by atoms with Crippen LogP contribution in [0.3, 0.4) is 0 Å². The number of methoxy groups -OCH3 is 1. The van der Waals surface area contributed by atoms with Crippen molar-refractivity contribution in [1.29, 1.82) is 0 Å². The van der Waals surface area contributed by atoms with E-state index in [1.165, 1.54) is 22.2 Å². The standard InChI is InChI=1S/C20H24N4OS/c1-14-17(18-12-16(25-3)4-5-19(18)23-14)8-11-24(20(26)21-2)13-15-6-9-22-10-7-15/h4-7,9-10,12,23H,8,11,13H2,1-3H3,(H,21,26). The predicted molar refractivity (Wildman–Crippen MR) is 110 cm³/mol. The number of aromatic amines is 1. The molecule has 2 N–H and O–H groups in total. The zero-order valence-corrected chi connectivity index (χ0v) is 16.2. The largest absolute Gasteiger partial charge is 0.497 e. The Morgan fingerprint density at radius 1 is 1.27 bits per heavy atom. The van der Waals surface area contributed by atoms with Crippen molar-refractivity contribution in [1.82, 2.24) is 20.2 Å². The molecule has 0 bridgehead atoms. The third kappa shape index (κ3) is 3.96. The lowest BCUT2D eigenvalue weighted by Gasteiger charge is -2.25. The Balaban J connectivity index is 1.81. The molecule has 0 atom stereocenters. The highest BCUT2D eigenvalue weighted by molar-refractivity contribution is 7.80. The van der Waals surface area contributed by atoms with E-state index in [1.54, 1.807) is 7.11 Å². The Labute approximate surface area is 159 Å². The summed E-state index contributed by atoms with van der Waals surface area (Å²) in [7, 11) is 3.56.